The number of carboxylic acids is 1. The Balaban J connectivity index is 2.02. The Morgan fingerprint density at radius 1 is 1.22 bits per heavy atom. The van der Waals surface area contributed by atoms with Crippen LogP contribution in [-0.2, 0) is 9.53 Å². The minimum atomic E-state index is -0.552. The number of hydrogen-bond donors (Lipinski definition) is 1. The second-order valence-corrected chi connectivity index (χ2v) is 6.08. The lowest BCUT2D eigenvalue weighted by Crippen LogP contribution is -2.44. The predicted molar refractivity (Wildman–Crippen MR) is 70.5 cm³/mol. The normalized spacial score (nSPS) is 34.4. The van der Waals surface area contributed by atoms with E-state index in [0.717, 1.165) is 57.7 Å². The van der Waals surface area contributed by atoms with Crippen molar-refractivity contribution in [3.05, 3.63) is 0 Å². The van der Waals surface area contributed by atoms with Crippen molar-refractivity contribution in [1.82, 2.24) is 0 Å². The maximum absolute atomic E-state index is 11.8. The monoisotopic (exact) mass is 254 g/mol. The minimum absolute atomic E-state index is 0.339. The summed E-state index contributed by atoms with van der Waals surface area (Å²) in [5.74, 6) is 0.554. The molecule has 1 saturated heterocycles. The van der Waals surface area contributed by atoms with E-state index in [1.807, 2.05) is 0 Å². The van der Waals surface area contributed by atoms with Crippen LogP contribution >= 0.6 is 0 Å². The molecule has 18 heavy (non-hydrogen) atoms. The molecular weight excluding hydrogens is 228 g/mol. The van der Waals surface area contributed by atoms with Crippen LogP contribution in [0.5, 0.6) is 0 Å². The molecule has 3 heteroatoms. The van der Waals surface area contributed by atoms with Gasteiger partial charge in [0.05, 0.1) is 5.41 Å². The fourth-order valence-electron chi connectivity index (χ4n) is 3.94. The summed E-state index contributed by atoms with van der Waals surface area (Å²) in [6.45, 7) is 3.72. The Morgan fingerprint density at radius 2 is 1.83 bits per heavy atom. The van der Waals surface area contributed by atoms with E-state index >= 15 is 0 Å². The molecule has 0 bridgehead atoms. The summed E-state index contributed by atoms with van der Waals surface area (Å²) in [7, 11) is 0. The third-order valence-corrected chi connectivity index (χ3v) is 5.12. The van der Waals surface area contributed by atoms with Crippen LogP contribution in [0.25, 0.3) is 0 Å². The zero-order valence-corrected chi connectivity index (χ0v) is 11.5. The first-order valence-corrected chi connectivity index (χ1v) is 7.50. The van der Waals surface area contributed by atoms with E-state index in [2.05, 4.69) is 6.92 Å². The third-order valence-electron chi connectivity index (χ3n) is 5.12. The molecule has 1 aliphatic carbocycles. The lowest BCUT2D eigenvalue weighted by atomic mass is 9.61. The van der Waals surface area contributed by atoms with Crippen molar-refractivity contribution in [1.29, 1.82) is 0 Å². The molecular formula is C15H26O3. The molecule has 0 aromatic carbocycles. The van der Waals surface area contributed by atoms with Gasteiger partial charge in [0.25, 0.3) is 0 Å². The molecule has 104 valence electrons. The van der Waals surface area contributed by atoms with E-state index < -0.39 is 11.4 Å². The van der Waals surface area contributed by atoms with Crippen molar-refractivity contribution in [2.24, 2.45) is 17.3 Å². The molecule has 2 fully saturated rings. The van der Waals surface area contributed by atoms with E-state index in [1.54, 1.807) is 0 Å². The van der Waals surface area contributed by atoms with Gasteiger partial charge in [-0.2, -0.15) is 0 Å². The Labute approximate surface area is 110 Å². The second-order valence-electron chi connectivity index (χ2n) is 6.08. The maximum atomic E-state index is 11.8. The topological polar surface area (TPSA) is 46.5 Å². The molecule has 0 radical (unpaired) electrons. The standard InChI is InChI=1S/C15H26O3/c1-2-3-12-4-8-15(9-5-12,14(16)17)13-6-10-18-11-7-13/h12-13H,2-11H2,1H3,(H,16,17). The fourth-order valence-corrected chi connectivity index (χ4v) is 3.94. The number of aliphatic carboxylic acids is 1. The highest BCUT2D eigenvalue weighted by Crippen LogP contribution is 2.48. The van der Waals surface area contributed by atoms with Crippen molar-refractivity contribution >= 4 is 5.97 Å². The van der Waals surface area contributed by atoms with Gasteiger partial charge in [0.1, 0.15) is 0 Å². The van der Waals surface area contributed by atoms with Gasteiger partial charge >= 0.3 is 5.97 Å². The third kappa shape index (κ3) is 2.71. The summed E-state index contributed by atoms with van der Waals surface area (Å²) < 4.78 is 5.38. The van der Waals surface area contributed by atoms with Gasteiger partial charge in [-0.1, -0.05) is 19.8 Å². The Morgan fingerprint density at radius 3 is 2.33 bits per heavy atom. The molecule has 0 aromatic heterocycles. The highest BCUT2D eigenvalue weighted by Gasteiger charge is 2.47. The van der Waals surface area contributed by atoms with Crippen LogP contribution in [0.15, 0.2) is 0 Å². The van der Waals surface area contributed by atoms with Crippen molar-refractivity contribution in [3.63, 3.8) is 0 Å². The van der Waals surface area contributed by atoms with E-state index in [9.17, 15) is 9.90 Å². The fraction of sp³-hybridized carbons (Fsp3) is 0.933. The smallest absolute Gasteiger partial charge is 0.309 e. The highest BCUT2D eigenvalue weighted by atomic mass is 16.5. The summed E-state index contributed by atoms with van der Waals surface area (Å²) in [6, 6.07) is 0. The average Bonchev–Trinajstić information content (AvgIpc) is 2.41. The first-order valence-electron chi connectivity index (χ1n) is 7.50. The van der Waals surface area contributed by atoms with Crippen molar-refractivity contribution < 1.29 is 14.6 Å². The number of hydrogen-bond acceptors (Lipinski definition) is 2. The molecule has 3 nitrogen and oxygen atoms in total. The maximum Gasteiger partial charge on any atom is 0.309 e. The van der Waals surface area contributed by atoms with E-state index in [0.29, 0.717) is 5.92 Å². The van der Waals surface area contributed by atoms with Crippen molar-refractivity contribution in [2.45, 2.75) is 58.3 Å². The summed E-state index contributed by atoms with van der Waals surface area (Å²) >= 11 is 0. The Bertz CT molecular complexity index is 273. The molecule has 0 aromatic rings. The number of carbonyl (C=O) groups is 1. The van der Waals surface area contributed by atoms with Gasteiger partial charge in [0, 0.05) is 13.2 Å². The van der Waals surface area contributed by atoms with Gasteiger partial charge in [-0.05, 0) is 50.4 Å². The van der Waals surface area contributed by atoms with Gasteiger partial charge in [-0.25, -0.2) is 0 Å². The van der Waals surface area contributed by atoms with Gasteiger partial charge in [-0.15, -0.1) is 0 Å². The SMILES string of the molecule is CCCC1CCC(C(=O)O)(C2CCOCC2)CC1. The largest absolute Gasteiger partial charge is 0.481 e. The van der Waals surface area contributed by atoms with Gasteiger partial charge in [-0.3, -0.25) is 4.79 Å². The molecule has 0 spiro atoms. The van der Waals surface area contributed by atoms with Crippen LogP contribution < -0.4 is 0 Å². The quantitative estimate of drug-likeness (QED) is 0.835. The Kier molecular flexibility index (Phi) is 4.66. The van der Waals surface area contributed by atoms with Crippen LogP contribution in [0.2, 0.25) is 0 Å². The zero-order chi connectivity index (χ0) is 13.0. The lowest BCUT2D eigenvalue weighted by Gasteiger charge is -2.43. The van der Waals surface area contributed by atoms with Crippen LogP contribution in [0.3, 0.4) is 0 Å². The van der Waals surface area contributed by atoms with Gasteiger partial charge < -0.3 is 9.84 Å². The van der Waals surface area contributed by atoms with Crippen molar-refractivity contribution in [2.75, 3.05) is 13.2 Å². The van der Waals surface area contributed by atoms with Gasteiger partial charge in [0.2, 0.25) is 0 Å². The molecule has 2 rings (SSSR count). The highest BCUT2D eigenvalue weighted by molar-refractivity contribution is 5.75. The molecule has 0 atom stereocenters. The van der Waals surface area contributed by atoms with Crippen molar-refractivity contribution in [3.8, 4) is 0 Å². The van der Waals surface area contributed by atoms with Crippen LogP contribution in [0.1, 0.15) is 58.3 Å². The van der Waals surface area contributed by atoms with Crippen LogP contribution in [0.4, 0.5) is 0 Å². The average molecular weight is 254 g/mol. The van der Waals surface area contributed by atoms with E-state index in [-0.39, 0.29) is 0 Å². The second kappa shape index (κ2) is 6.05. The summed E-state index contributed by atoms with van der Waals surface area (Å²) in [5.41, 5.74) is -0.436. The first kappa shape index (κ1) is 13.9. The minimum Gasteiger partial charge on any atom is -0.481 e. The number of rotatable bonds is 4. The molecule has 1 saturated carbocycles. The summed E-state index contributed by atoms with van der Waals surface area (Å²) in [5, 5.41) is 9.72. The summed E-state index contributed by atoms with van der Waals surface area (Å²) in [6.07, 6.45) is 8.35. The predicted octanol–water partition coefficient (Wildman–Crippen LogP) is 3.47. The molecule has 1 N–H and O–H groups in total. The van der Waals surface area contributed by atoms with Crippen LogP contribution in [-0.4, -0.2) is 24.3 Å². The molecule has 0 unspecified atom stereocenters. The number of carboxylic acid groups (broad SMARTS) is 1. The zero-order valence-electron chi connectivity index (χ0n) is 11.5. The molecule has 2 aliphatic rings. The van der Waals surface area contributed by atoms with E-state index in [4.69, 9.17) is 4.74 Å². The van der Waals surface area contributed by atoms with E-state index in [1.165, 1.54) is 12.8 Å². The summed E-state index contributed by atoms with van der Waals surface area (Å²) in [4.78, 5) is 11.8. The molecule has 1 aliphatic heterocycles. The van der Waals surface area contributed by atoms with Crippen LogP contribution in [0, 0.1) is 17.3 Å². The Hall–Kier alpha value is -0.570. The first-order chi connectivity index (χ1) is 8.69. The van der Waals surface area contributed by atoms with Gasteiger partial charge in [0.15, 0.2) is 0 Å². The molecule has 0 amide bonds. The number of ether oxygens (including phenoxy) is 1. The molecule has 1 heterocycles. The lowest BCUT2D eigenvalue weighted by molar-refractivity contribution is -0.159.